The van der Waals surface area contributed by atoms with Gasteiger partial charge in [-0.1, -0.05) is 6.92 Å². The standard InChI is InChI=1S/C25H34N6O/c1-4-15-30(17-19-6-7-19)23-13-12-22-24(29-23)31(16-5-14-26-3)25(28-22)27-21-10-8-20(9-11-21)18(2)32/h8-13,19,26H,4-7,14-17H2,1-3H3,(H,27,28). The summed E-state index contributed by atoms with van der Waals surface area (Å²) in [6.45, 7) is 7.66. The molecule has 4 rings (SSSR count). The maximum atomic E-state index is 11.6. The molecule has 0 spiro atoms. The zero-order chi connectivity index (χ0) is 22.5. The average Bonchev–Trinajstić information content (AvgIpc) is 3.55. The van der Waals surface area contributed by atoms with Crippen molar-refractivity contribution < 1.29 is 4.79 Å². The minimum Gasteiger partial charge on any atom is -0.356 e. The fourth-order valence-electron chi connectivity index (χ4n) is 3.99. The lowest BCUT2D eigenvalue weighted by Gasteiger charge is -2.23. The van der Waals surface area contributed by atoms with Crippen molar-refractivity contribution in [1.82, 2.24) is 19.9 Å². The minimum atomic E-state index is 0.0652. The number of Topliss-reactive ketones (excluding diaryl/α,β-unsaturated/α-hetero) is 1. The summed E-state index contributed by atoms with van der Waals surface area (Å²) < 4.78 is 2.18. The molecule has 7 nitrogen and oxygen atoms in total. The van der Waals surface area contributed by atoms with E-state index >= 15 is 0 Å². The second-order valence-corrected chi connectivity index (χ2v) is 8.70. The van der Waals surface area contributed by atoms with Gasteiger partial charge in [0.05, 0.1) is 0 Å². The summed E-state index contributed by atoms with van der Waals surface area (Å²) >= 11 is 0. The second-order valence-electron chi connectivity index (χ2n) is 8.70. The first kappa shape index (κ1) is 22.3. The molecule has 2 N–H and O–H groups in total. The van der Waals surface area contributed by atoms with Gasteiger partial charge in [-0.25, -0.2) is 9.97 Å². The molecule has 2 heterocycles. The number of aryl methyl sites for hydroxylation is 1. The first-order valence-electron chi connectivity index (χ1n) is 11.7. The Balaban J connectivity index is 1.66. The van der Waals surface area contributed by atoms with Crippen LogP contribution in [0.25, 0.3) is 11.2 Å². The van der Waals surface area contributed by atoms with Crippen LogP contribution in [0.15, 0.2) is 36.4 Å². The summed E-state index contributed by atoms with van der Waals surface area (Å²) in [6, 6.07) is 11.7. The third-order valence-corrected chi connectivity index (χ3v) is 5.93. The van der Waals surface area contributed by atoms with E-state index in [0.717, 1.165) is 73.6 Å². The topological polar surface area (TPSA) is 75.1 Å². The molecular weight excluding hydrogens is 400 g/mol. The van der Waals surface area contributed by atoms with Crippen LogP contribution in [0.5, 0.6) is 0 Å². The van der Waals surface area contributed by atoms with Crippen LogP contribution in [0, 0.1) is 5.92 Å². The number of nitrogens with zero attached hydrogens (tertiary/aromatic N) is 4. The van der Waals surface area contributed by atoms with Gasteiger partial charge in [0.15, 0.2) is 11.4 Å². The average molecular weight is 435 g/mol. The summed E-state index contributed by atoms with van der Waals surface area (Å²) in [5, 5.41) is 6.66. The van der Waals surface area contributed by atoms with Crippen molar-refractivity contribution in [3.8, 4) is 0 Å². The quantitative estimate of drug-likeness (QED) is 0.320. The van der Waals surface area contributed by atoms with Gasteiger partial charge in [0, 0.05) is 30.9 Å². The first-order chi connectivity index (χ1) is 15.6. The molecule has 170 valence electrons. The van der Waals surface area contributed by atoms with Crippen molar-refractivity contribution in [3.05, 3.63) is 42.0 Å². The molecule has 0 aliphatic heterocycles. The number of imidazole rings is 1. The highest BCUT2D eigenvalue weighted by Gasteiger charge is 2.25. The van der Waals surface area contributed by atoms with E-state index in [-0.39, 0.29) is 5.78 Å². The number of ketones is 1. The van der Waals surface area contributed by atoms with Gasteiger partial charge in [-0.15, -0.1) is 0 Å². The summed E-state index contributed by atoms with van der Waals surface area (Å²) in [5.41, 5.74) is 3.42. The highest BCUT2D eigenvalue weighted by molar-refractivity contribution is 5.94. The molecule has 2 aromatic heterocycles. The first-order valence-corrected chi connectivity index (χ1v) is 11.7. The maximum absolute atomic E-state index is 11.6. The SMILES string of the molecule is CCCN(CC1CC1)c1ccc2nc(Nc3ccc(C(C)=O)cc3)n(CCCNC)c2n1. The molecule has 1 saturated carbocycles. The number of carbonyl (C=O) groups excluding carboxylic acids is 1. The van der Waals surface area contributed by atoms with Crippen molar-refractivity contribution in [2.24, 2.45) is 5.92 Å². The lowest BCUT2D eigenvalue weighted by molar-refractivity contribution is 0.101. The zero-order valence-electron chi connectivity index (χ0n) is 19.4. The van der Waals surface area contributed by atoms with Crippen molar-refractivity contribution in [3.63, 3.8) is 0 Å². The van der Waals surface area contributed by atoms with Gasteiger partial charge in [0.25, 0.3) is 0 Å². The molecule has 0 bridgehead atoms. The highest BCUT2D eigenvalue weighted by atomic mass is 16.1. The molecule has 1 aliphatic rings. The Hall–Kier alpha value is -2.93. The number of nitrogens with one attached hydrogen (secondary N) is 2. The molecule has 0 atom stereocenters. The number of carbonyl (C=O) groups is 1. The van der Waals surface area contributed by atoms with Gasteiger partial charge in [-0.05, 0) is 88.5 Å². The Kier molecular flexibility index (Phi) is 7.05. The number of aromatic nitrogens is 3. The Morgan fingerprint density at radius 3 is 2.59 bits per heavy atom. The fourth-order valence-corrected chi connectivity index (χ4v) is 3.99. The summed E-state index contributed by atoms with van der Waals surface area (Å²) in [7, 11) is 1.97. The Morgan fingerprint density at radius 2 is 1.94 bits per heavy atom. The third kappa shape index (κ3) is 5.27. The van der Waals surface area contributed by atoms with Crippen molar-refractivity contribution >= 4 is 34.4 Å². The molecule has 0 saturated heterocycles. The predicted octanol–water partition coefficient (Wildman–Crippen LogP) is 4.61. The lowest BCUT2D eigenvalue weighted by atomic mass is 10.1. The molecule has 0 amide bonds. The lowest BCUT2D eigenvalue weighted by Crippen LogP contribution is -2.27. The number of anilines is 3. The number of hydrogen-bond donors (Lipinski definition) is 2. The number of benzene rings is 1. The largest absolute Gasteiger partial charge is 0.356 e. The summed E-state index contributed by atoms with van der Waals surface area (Å²) in [4.78, 5) is 23.9. The minimum absolute atomic E-state index is 0.0652. The van der Waals surface area contributed by atoms with Crippen LogP contribution in [0.1, 0.15) is 49.9 Å². The van der Waals surface area contributed by atoms with E-state index in [1.807, 2.05) is 31.3 Å². The van der Waals surface area contributed by atoms with Crippen LogP contribution in [0.3, 0.4) is 0 Å². The van der Waals surface area contributed by atoms with E-state index in [4.69, 9.17) is 9.97 Å². The Bertz CT molecular complexity index is 1050. The fraction of sp³-hybridized carbons (Fsp3) is 0.480. The van der Waals surface area contributed by atoms with Crippen LogP contribution in [0.4, 0.5) is 17.5 Å². The van der Waals surface area contributed by atoms with Crippen LogP contribution < -0.4 is 15.5 Å². The van der Waals surface area contributed by atoms with Crippen molar-refractivity contribution in [2.45, 2.75) is 46.1 Å². The van der Waals surface area contributed by atoms with Crippen molar-refractivity contribution in [2.75, 3.05) is 36.9 Å². The molecule has 0 unspecified atom stereocenters. The number of fused-ring (bicyclic) bond motifs is 1. The molecule has 3 aromatic rings. The zero-order valence-corrected chi connectivity index (χ0v) is 19.4. The summed E-state index contributed by atoms with van der Waals surface area (Å²) in [5.74, 6) is 2.70. The van der Waals surface area contributed by atoms with Crippen LogP contribution >= 0.6 is 0 Å². The van der Waals surface area contributed by atoms with E-state index in [9.17, 15) is 4.79 Å². The van der Waals surface area contributed by atoms with Crippen LogP contribution in [0.2, 0.25) is 0 Å². The van der Waals surface area contributed by atoms with E-state index in [2.05, 4.69) is 39.2 Å². The van der Waals surface area contributed by atoms with Gasteiger partial charge < -0.3 is 15.5 Å². The van der Waals surface area contributed by atoms with Gasteiger partial charge >= 0.3 is 0 Å². The Morgan fingerprint density at radius 1 is 1.16 bits per heavy atom. The molecule has 1 aromatic carbocycles. The van der Waals surface area contributed by atoms with E-state index in [1.54, 1.807) is 6.92 Å². The summed E-state index contributed by atoms with van der Waals surface area (Å²) in [6.07, 6.45) is 4.76. The van der Waals surface area contributed by atoms with E-state index in [0.29, 0.717) is 5.56 Å². The number of hydrogen-bond acceptors (Lipinski definition) is 6. The molecule has 7 heteroatoms. The smallest absolute Gasteiger partial charge is 0.209 e. The number of rotatable bonds is 12. The van der Waals surface area contributed by atoms with Crippen LogP contribution in [-0.2, 0) is 6.54 Å². The van der Waals surface area contributed by atoms with E-state index < -0.39 is 0 Å². The van der Waals surface area contributed by atoms with Crippen LogP contribution in [-0.4, -0.2) is 47.0 Å². The highest BCUT2D eigenvalue weighted by Crippen LogP contribution is 2.32. The molecule has 32 heavy (non-hydrogen) atoms. The maximum Gasteiger partial charge on any atom is 0.209 e. The molecule has 1 aliphatic carbocycles. The van der Waals surface area contributed by atoms with Crippen molar-refractivity contribution in [1.29, 1.82) is 0 Å². The predicted molar refractivity (Wildman–Crippen MR) is 131 cm³/mol. The van der Waals surface area contributed by atoms with E-state index in [1.165, 1.54) is 12.8 Å². The van der Waals surface area contributed by atoms with Gasteiger partial charge in [-0.2, -0.15) is 0 Å². The number of pyridine rings is 1. The monoisotopic (exact) mass is 434 g/mol. The van der Waals surface area contributed by atoms with Gasteiger partial charge in [0.1, 0.15) is 11.3 Å². The molecular formula is C25H34N6O. The third-order valence-electron chi connectivity index (χ3n) is 5.93. The molecule has 1 fully saturated rings. The van der Waals surface area contributed by atoms with Gasteiger partial charge in [-0.3, -0.25) is 9.36 Å². The normalized spacial score (nSPS) is 13.5. The van der Waals surface area contributed by atoms with Gasteiger partial charge in [0.2, 0.25) is 5.95 Å². The Labute approximate surface area is 190 Å². The second kappa shape index (κ2) is 10.1. The molecule has 0 radical (unpaired) electrons.